The van der Waals surface area contributed by atoms with Crippen molar-refractivity contribution < 1.29 is 4.74 Å². The van der Waals surface area contributed by atoms with Gasteiger partial charge in [0.2, 0.25) is 0 Å². The second kappa shape index (κ2) is 4.48. The number of nitrogens with two attached hydrogens (primary N) is 1. The van der Waals surface area contributed by atoms with Crippen molar-refractivity contribution in [1.82, 2.24) is 0 Å². The Bertz CT molecular complexity index is 318. The van der Waals surface area contributed by atoms with Gasteiger partial charge >= 0.3 is 0 Å². The van der Waals surface area contributed by atoms with Gasteiger partial charge in [0.25, 0.3) is 0 Å². The molecule has 1 fully saturated rings. The van der Waals surface area contributed by atoms with E-state index >= 15 is 0 Å². The standard InChI is InChI=1S/C13H22N2O/c1-8-4-7-12(16-11-5-6-11)13(15-14)10(3)9(8)2/h7-11H,4-6,14H2,1-3H3/b15-13+/t8-,9?,10?/m0/s1. The maximum atomic E-state index is 5.90. The SMILES string of the molecule is CC1/C(=N\N)C(OC2CC2)=CC[C@H](C)C1C. The normalized spacial score (nSPS) is 38.1. The predicted molar refractivity (Wildman–Crippen MR) is 65.9 cm³/mol. The highest BCUT2D eigenvalue weighted by Crippen LogP contribution is 2.34. The molecule has 2 unspecified atom stereocenters. The summed E-state index contributed by atoms with van der Waals surface area (Å²) in [7, 11) is 0. The minimum Gasteiger partial charge on any atom is -0.489 e. The molecule has 16 heavy (non-hydrogen) atoms. The molecular weight excluding hydrogens is 200 g/mol. The van der Waals surface area contributed by atoms with E-state index in [1.54, 1.807) is 0 Å². The van der Waals surface area contributed by atoms with Gasteiger partial charge in [-0.05, 0) is 37.2 Å². The highest BCUT2D eigenvalue weighted by Gasteiger charge is 2.32. The van der Waals surface area contributed by atoms with E-state index in [4.69, 9.17) is 10.6 Å². The molecule has 0 amide bonds. The lowest BCUT2D eigenvalue weighted by Crippen LogP contribution is -2.25. The summed E-state index contributed by atoms with van der Waals surface area (Å²) in [6.07, 6.45) is 6.00. The summed E-state index contributed by atoms with van der Waals surface area (Å²) < 4.78 is 5.90. The predicted octanol–water partition coefficient (Wildman–Crippen LogP) is 2.68. The van der Waals surface area contributed by atoms with E-state index in [1.165, 1.54) is 12.8 Å². The highest BCUT2D eigenvalue weighted by atomic mass is 16.5. The summed E-state index contributed by atoms with van der Waals surface area (Å²) in [5, 5.41) is 3.96. The van der Waals surface area contributed by atoms with Gasteiger partial charge < -0.3 is 10.6 Å². The van der Waals surface area contributed by atoms with Crippen molar-refractivity contribution in [1.29, 1.82) is 0 Å². The molecule has 3 heteroatoms. The third kappa shape index (κ3) is 2.23. The van der Waals surface area contributed by atoms with Crippen molar-refractivity contribution >= 4 is 5.71 Å². The smallest absolute Gasteiger partial charge is 0.139 e. The maximum absolute atomic E-state index is 5.90. The first kappa shape index (κ1) is 11.5. The van der Waals surface area contributed by atoms with Gasteiger partial charge in [0.1, 0.15) is 11.5 Å². The summed E-state index contributed by atoms with van der Waals surface area (Å²) in [5.74, 6) is 8.10. The molecule has 0 bridgehead atoms. The van der Waals surface area contributed by atoms with Crippen molar-refractivity contribution in [2.45, 2.75) is 46.1 Å². The number of allylic oxidation sites excluding steroid dienone is 2. The van der Waals surface area contributed by atoms with Crippen LogP contribution in [0.4, 0.5) is 0 Å². The molecule has 0 aliphatic heterocycles. The number of nitrogens with zero attached hydrogens (tertiary/aromatic N) is 1. The molecule has 2 rings (SSSR count). The van der Waals surface area contributed by atoms with Crippen LogP contribution in [-0.4, -0.2) is 11.8 Å². The van der Waals surface area contributed by atoms with Crippen molar-refractivity contribution in [3.63, 3.8) is 0 Å². The van der Waals surface area contributed by atoms with E-state index in [0.717, 1.165) is 17.9 Å². The van der Waals surface area contributed by atoms with Gasteiger partial charge in [-0.3, -0.25) is 0 Å². The fourth-order valence-corrected chi connectivity index (χ4v) is 2.23. The van der Waals surface area contributed by atoms with E-state index in [1.807, 2.05) is 0 Å². The second-order valence-electron chi connectivity index (χ2n) is 5.26. The minimum atomic E-state index is 0.382. The van der Waals surface area contributed by atoms with Gasteiger partial charge in [0.05, 0.1) is 6.10 Å². The molecular formula is C13H22N2O. The number of hydrogen-bond acceptors (Lipinski definition) is 3. The Morgan fingerprint density at radius 3 is 2.56 bits per heavy atom. The van der Waals surface area contributed by atoms with Crippen LogP contribution in [0.15, 0.2) is 16.9 Å². The Balaban J connectivity index is 2.19. The second-order valence-corrected chi connectivity index (χ2v) is 5.26. The van der Waals surface area contributed by atoms with Crippen LogP contribution in [0.5, 0.6) is 0 Å². The van der Waals surface area contributed by atoms with Gasteiger partial charge in [0, 0.05) is 5.92 Å². The molecule has 2 N–H and O–H groups in total. The van der Waals surface area contributed by atoms with Crippen LogP contribution < -0.4 is 5.84 Å². The lowest BCUT2D eigenvalue weighted by Gasteiger charge is -2.23. The summed E-state index contributed by atoms with van der Waals surface area (Å²) in [5.41, 5.74) is 0.948. The zero-order chi connectivity index (χ0) is 11.7. The lowest BCUT2D eigenvalue weighted by atomic mass is 9.83. The van der Waals surface area contributed by atoms with E-state index in [0.29, 0.717) is 23.9 Å². The topological polar surface area (TPSA) is 47.6 Å². The maximum Gasteiger partial charge on any atom is 0.139 e. The van der Waals surface area contributed by atoms with E-state index < -0.39 is 0 Å². The van der Waals surface area contributed by atoms with Gasteiger partial charge in [-0.1, -0.05) is 20.8 Å². The Morgan fingerprint density at radius 1 is 1.31 bits per heavy atom. The molecule has 90 valence electrons. The van der Waals surface area contributed by atoms with Crippen LogP contribution in [-0.2, 0) is 4.74 Å². The lowest BCUT2D eigenvalue weighted by molar-refractivity contribution is 0.212. The first-order chi connectivity index (χ1) is 7.63. The van der Waals surface area contributed by atoms with E-state index in [2.05, 4.69) is 31.9 Å². The van der Waals surface area contributed by atoms with Crippen molar-refractivity contribution in [3.05, 3.63) is 11.8 Å². The van der Waals surface area contributed by atoms with E-state index in [-0.39, 0.29) is 0 Å². The average molecular weight is 222 g/mol. The summed E-state index contributed by atoms with van der Waals surface area (Å²) in [6, 6.07) is 0. The molecule has 0 spiro atoms. The molecule has 0 heterocycles. The van der Waals surface area contributed by atoms with Gasteiger partial charge in [-0.2, -0.15) is 5.10 Å². The van der Waals surface area contributed by atoms with Gasteiger partial charge in [-0.25, -0.2) is 0 Å². The van der Waals surface area contributed by atoms with Crippen LogP contribution in [0.1, 0.15) is 40.0 Å². The third-order valence-electron chi connectivity index (χ3n) is 4.00. The molecule has 0 saturated heterocycles. The van der Waals surface area contributed by atoms with E-state index in [9.17, 15) is 0 Å². The summed E-state index contributed by atoms with van der Waals surface area (Å²) >= 11 is 0. The van der Waals surface area contributed by atoms with Crippen LogP contribution in [0, 0.1) is 17.8 Å². The van der Waals surface area contributed by atoms with Crippen LogP contribution in [0.2, 0.25) is 0 Å². The largest absolute Gasteiger partial charge is 0.489 e. The Labute approximate surface area is 97.7 Å². The van der Waals surface area contributed by atoms with Crippen LogP contribution >= 0.6 is 0 Å². The van der Waals surface area contributed by atoms with Gasteiger partial charge in [-0.15, -0.1) is 0 Å². The molecule has 3 atom stereocenters. The van der Waals surface area contributed by atoms with Crippen molar-refractivity contribution in [3.8, 4) is 0 Å². The molecule has 2 aliphatic carbocycles. The average Bonchev–Trinajstić information content (AvgIpc) is 3.08. The first-order valence-corrected chi connectivity index (χ1v) is 6.28. The number of hydrazone groups is 1. The van der Waals surface area contributed by atoms with Crippen LogP contribution in [0.3, 0.4) is 0 Å². The molecule has 0 aromatic heterocycles. The summed E-state index contributed by atoms with van der Waals surface area (Å²) in [4.78, 5) is 0. The van der Waals surface area contributed by atoms with Gasteiger partial charge in [0.15, 0.2) is 0 Å². The summed E-state index contributed by atoms with van der Waals surface area (Å²) in [6.45, 7) is 6.75. The van der Waals surface area contributed by atoms with Crippen LogP contribution in [0.25, 0.3) is 0 Å². The molecule has 0 radical (unpaired) electrons. The Kier molecular flexibility index (Phi) is 3.22. The highest BCUT2D eigenvalue weighted by molar-refractivity contribution is 6.00. The third-order valence-corrected chi connectivity index (χ3v) is 4.00. The molecule has 3 nitrogen and oxygen atoms in total. The zero-order valence-corrected chi connectivity index (χ0v) is 10.4. The Morgan fingerprint density at radius 2 is 2.00 bits per heavy atom. The monoisotopic (exact) mass is 222 g/mol. The van der Waals surface area contributed by atoms with Crippen molar-refractivity contribution in [2.24, 2.45) is 28.7 Å². The van der Waals surface area contributed by atoms with Crippen molar-refractivity contribution in [2.75, 3.05) is 0 Å². The quantitative estimate of drug-likeness (QED) is 0.577. The fraction of sp³-hybridized carbons (Fsp3) is 0.769. The minimum absolute atomic E-state index is 0.382. The molecule has 0 aromatic rings. The Hall–Kier alpha value is -0.990. The molecule has 1 saturated carbocycles. The molecule has 2 aliphatic rings. The molecule has 0 aromatic carbocycles. The number of hydrogen-bond donors (Lipinski definition) is 1. The number of rotatable bonds is 2. The first-order valence-electron chi connectivity index (χ1n) is 6.28. The zero-order valence-electron chi connectivity index (χ0n) is 10.4. The fourth-order valence-electron chi connectivity index (χ4n) is 2.23. The number of ether oxygens (including phenoxy) is 1.